The normalized spacial score (nSPS) is 14.2. The lowest BCUT2D eigenvalue weighted by molar-refractivity contribution is -0.146. The van der Waals surface area contributed by atoms with E-state index in [9.17, 15) is 19.2 Å². The molecule has 3 aromatic rings. The molecule has 0 spiro atoms. The zero-order chi connectivity index (χ0) is 20.7. The molecule has 0 bridgehead atoms. The molecule has 2 amide bonds. The number of carbonyl (C=O) groups is 4. The van der Waals surface area contributed by atoms with Crippen LogP contribution < -0.4 is 0 Å². The summed E-state index contributed by atoms with van der Waals surface area (Å²) in [6.07, 6.45) is 0. The van der Waals surface area contributed by atoms with Crippen molar-refractivity contribution in [3.63, 3.8) is 0 Å². The second kappa shape index (κ2) is 7.01. The molecule has 1 aliphatic rings. The number of fused-ring (bicyclic) bond motifs is 2. The van der Waals surface area contributed by atoms with Crippen molar-refractivity contribution in [2.45, 2.75) is 19.9 Å². The van der Waals surface area contributed by atoms with Gasteiger partial charge in [-0.25, -0.2) is 4.79 Å². The van der Waals surface area contributed by atoms with E-state index in [1.54, 1.807) is 19.1 Å². The largest absolute Gasteiger partial charge is 0.456 e. The number of imide groups is 1. The van der Waals surface area contributed by atoms with Gasteiger partial charge in [-0.15, -0.1) is 0 Å². The minimum atomic E-state index is -1.14. The number of hydrogen-bond acceptors (Lipinski definition) is 5. The van der Waals surface area contributed by atoms with E-state index in [0.29, 0.717) is 11.3 Å². The molecule has 0 radical (unpaired) electrons. The van der Waals surface area contributed by atoms with E-state index >= 15 is 0 Å². The number of benzene rings is 2. The van der Waals surface area contributed by atoms with Crippen LogP contribution in [0.2, 0.25) is 0 Å². The van der Waals surface area contributed by atoms with Crippen LogP contribution >= 0.6 is 0 Å². The monoisotopic (exact) mass is 390 g/mol. The smallest absolute Gasteiger partial charge is 0.329 e. The predicted octanol–water partition coefficient (Wildman–Crippen LogP) is 2.89. The maximum absolute atomic E-state index is 12.7. The molecule has 0 saturated heterocycles. The van der Waals surface area contributed by atoms with Crippen LogP contribution in [0.5, 0.6) is 0 Å². The topological polar surface area (TPSA) is 96.5 Å². The lowest BCUT2D eigenvalue weighted by atomic mass is 10.1. The van der Waals surface area contributed by atoms with Gasteiger partial charge in [0, 0.05) is 22.2 Å². The Bertz CT molecular complexity index is 1140. The summed E-state index contributed by atoms with van der Waals surface area (Å²) < 4.78 is 5.15. The number of esters is 1. The number of ketones is 1. The molecule has 2 heterocycles. The number of Topliss-reactive ketones (excluding diaryl/α,β-unsaturated/α-hetero) is 1. The SMILES string of the molecule is Cc1[nH]c2ccccc2c1C(=O)COC(=O)[C@@H](C)N1C(=O)c2ccccc2C1=O. The summed E-state index contributed by atoms with van der Waals surface area (Å²) >= 11 is 0. The van der Waals surface area contributed by atoms with Gasteiger partial charge in [-0.1, -0.05) is 30.3 Å². The van der Waals surface area contributed by atoms with E-state index in [-0.39, 0.29) is 16.9 Å². The summed E-state index contributed by atoms with van der Waals surface area (Å²) in [5.41, 5.74) is 2.46. The first kappa shape index (κ1) is 18.6. The van der Waals surface area contributed by atoms with E-state index in [1.165, 1.54) is 19.1 Å². The zero-order valence-corrected chi connectivity index (χ0v) is 15.9. The molecule has 0 unspecified atom stereocenters. The van der Waals surface area contributed by atoms with Crippen LogP contribution in [0.25, 0.3) is 10.9 Å². The quantitative estimate of drug-likeness (QED) is 0.410. The molecule has 0 fully saturated rings. The van der Waals surface area contributed by atoms with Crippen molar-refractivity contribution in [3.8, 4) is 0 Å². The second-order valence-electron chi connectivity index (χ2n) is 6.90. The third-order valence-corrected chi connectivity index (χ3v) is 5.07. The molecule has 4 rings (SSSR count). The van der Waals surface area contributed by atoms with E-state index in [0.717, 1.165) is 15.8 Å². The average molecular weight is 390 g/mol. The van der Waals surface area contributed by atoms with E-state index < -0.39 is 30.4 Å². The van der Waals surface area contributed by atoms with Crippen LogP contribution in [0, 0.1) is 6.92 Å². The highest BCUT2D eigenvalue weighted by Gasteiger charge is 2.41. The number of amides is 2. The van der Waals surface area contributed by atoms with Crippen molar-refractivity contribution in [3.05, 3.63) is 70.9 Å². The zero-order valence-electron chi connectivity index (χ0n) is 15.9. The van der Waals surface area contributed by atoms with Crippen molar-refractivity contribution < 1.29 is 23.9 Å². The number of rotatable bonds is 5. The molecule has 0 saturated carbocycles. The number of aromatic amines is 1. The number of carbonyl (C=O) groups excluding carboxylic acids is 4. The molecule has 2 aromatic carbocycles. The molecule has 1 atom stereocenters. The average Bonchev–Trinajstić information content (AvgIpc) is 3.19. The summed E-state index contributed by atoms with van der Waals surface area (Å²) in [5.74, 6) is -2.27. The summed E-state index contributed by atoms with van der Waals surface area (Å²) in [5, 5.41) is 0.749. The van der Waals surface area contributed by atoms with Gasteiger partial charge in [0.15, 0.2) is 6.61 Å². The lowest BCUT2D eigenvalue weighted by Gasteiger charge is -2.20. The Balaban J connectivity index is 1.47. The Morgan fingerprint density at radius 3 is 2.24 bits per heavy atom. The van der Waals surface area contributed by atoms with Crippen LogP contribution in [-0.2, 0) is 9.53 Å². The highest BCUT2D eigenvalue weighted by atomic mass is 16.5. The first-order valence-electron chi connectivity index (χ1n) is 9.14. The van der Waals surface area contributed by atoms with Crippen molar-refractivity contribution >= 4 is 34.5 Å². The van der Waals surface area contributed by atoms with Crippen LogP contribution in [-0.4, -0.2) is 46.1 Å². The Hall–Kier alpha value is -3.74. The van der Waals surface area contributed by atoms with E-state index in [2.05, 4.69) is 4.98 Å². The van der Waals surface area contributed by atoms with E-state index in [4.69, 9.17) is 4.74 Å². The first-order chi connectivity index (χ1) is 13.9. The van der Waals surface area contributed by atoms with E-state index in [1.807, 2.05) is 24.3 Å². The fraction of sp³-hybridized carbons (Fsp3) is 0.182. The first-order valence-corrected chi connectivity index (χ1v) is 9.14. The molecule has 7 heteroatoms. The molecule has 1 aliphatic heterocycles. The van der Waals surface area contributed by atoms with Gasteiger partial charge >= 0.3 is 5.97 Å². The van der Waals surface area contributed by atoms with Crippen molar-refractivity contribution in [1.82, 2.24) is 9.88 Å². The predicted molar refractivity (Wildman–Crippen MR) is 105 cm³/mol. The maximum Gasteiger partial charge on any atom is 0.329 e. The summed E-state index contributed by atoms with van der Waals surface area (Å²) in [6.45, 7) is 2.71. The van der Waals surface area contributed by atoms with Crippen LogP contribution in [0.3, 0.4) is 0 Å². The summed E-state index contributed by atoms with van der Waals surface area (Å²) in [4.78, 5) is 54.1. The van der Waals surface area contributed by atoms with Gasteiger partial charge in [-0.05, 0) is 32.0 Å². The van der Waals surface area contributed by atoms with Crippen LogP contribution in [0.1, 0.15) is 43.7 Å². The molecular weight excluding hydrogens is 372 g/mol. The fourth-order valence-electron chi connectivity index (χ4n) is 3.63. The highest BCUT2D eigenvalue weighted by Crippen LogP contribution is 2.25. The minimum Gasteiger partial charge on any atom is -0.456 e. The summed E-state index contributed by atoms with van der Waals surface area (Å²) in [7, 11) is 0. The standard InChI is InChI=1S/C22H18N2O5/c1-12-19(16-9-5-6-10-17(16)23-12)18(25)11-29-22(28)13(2)24-20(26)14-7-3-4-8-15(14)21(24)27/h3-10,13,23H,11H2,1-2H3/t13-/m1/s1. The lowest BCUT2D eigenvalue weighted by Crippen LogP contribution is -2.44. The third kappa shape index (κ3) is 3.00. The van der Waals surface area contributed by atoms with Crippen molar-refractivity contribution in [2.24, 2.45) is 0 Å². The fourth-order valence-corrected chi connectivity index (χ4v) is 3.63. The van der Waals surface area contributed by atoms with Crippen molar-refractivity contribution in [1.29, 1.82) is 0 Å². The minimum absolute atomic E-state index is 0.252. The summed E-state index contributed by atoms with van der Waals surface area (Å²) in [6, 6.07) is 12.6. The van der Waals surface area contributed by atoms with Crippen LogP contribution in [0.4, 0.5) is 0 Å². The Kier molecular flexibility index (Phi) is 4.50. The molecule has 0 aliphatic carbocycles. The molecule has 29 heavy (non-hydrogen) atoms. The van der Waals surface area contributed by atoms with Crippen molar-refractivity contribution in [2.75, 3.05) is 6.61 Å². The molecule has 7 nitrogen and oxygen atoms in total. The molecule has 146 valence electrons. The second-order valence-corrected chi connectivity index (χ2v) is 6.90. The Labute approximate surface area is 166 Å². The number of H-pyrrole nitrogens is 1. The van der Waals surface area contributed by atoms with Gasteiger partial charge in [-0.3, -0.25) is 19.3 Å². The van der Waals surface area contributed by atoms with Gasteiger partial charge in [0.25, 0.3) is 11.8 Å². The Morgan fingerprint density at radius 1 is 1.00 bits per heavy atom. The number of nitrogens with zero attached hydrogens (tertiary/aromatic N) is 1. The van der Waals surface area contributed by atoms with Gasteiger partial charge in [0.2, 0.25) is 5.78 Å². The molecule has 1 aromatic heterocycles. The Morgan fingerprint density at radius 2 is 1.59 bits per heavy atom. The van der Waals surface area contributed by atoms with Gasteiger partial charge < -0.3 is 9.72 Å². The number of nitrogens with one attached hydrogen (secondary N) is 1. The van der Waals surface area contributed by atoms with Gasteiger partial charge in [0.1, 0.15) is 6.04 Å². The highest BCUT2D eigenvalue weighted by molar-refractivity contribution is 6.22. The number of aromatic nitrogens is 1. The number of ether oxygens (including phenoxy) is 1. The molecule has 1 N–H and O–H groups in total. The molecular formula is C22H18N2O5. The van der Waals surface area contributed by atoms with Gasteiger partial charge in [-0.2, -0.15) is 0 Å². The maximum atomic E-state index is 12.7. The third-order valence-electron chi connectivity index (χ3n) is 5.07. The van der Waals surface area contributed by atoms with Gasteiger partial charge in [0.05, 0.1) is 11.1 Å². The number of hydrogen-bond donors (Lipinski definition) is 1. The number of aryl methyl sites for hydroxylation is 1. The van der Waals surface area contributed by atoms with Crippen LogP contribution in [0.15, 0.2) is 48.5 Å². The number of para-hydroxylation sites is 1.